The molecule has 4 heteroatoms. The number of amides is 2. The van der Waals surface area contributed by atoms with Crippen LogP contribution in [0.2, 0.25) is 0 Å². The summed E-state index contributed by atoms with van der Waals surface area (Å²) in [5.41, 5.74) is 0. The molecule has 0 aromatic carbocycles. The maximum atomic E-state index is 11.8. The predicted octanol–water partition coefficient (Wildman–Crippen LogP) is 0.599. The molecule has 1 fully saturated rings. The van der Waals surface area contributed by atoms with Gasteiger partial charge in [-0.2, -0.15) is 0 Å². The molecule has 0 aliphatic carbocycles. The Balaban J connectivity index is 2.37. The maximum Gasteiger partial charge on any atom is 0.319 e. The van der Waals surface area contributed by atoms with Crippen LogP contribution in [0.1, 0.15) is 13.3 Å². The number of likely N-dealkylation sites (tertiary alicyclic amines) is 1. The molecule has 1 aliphatic heterocycles. The van der Waals surface area contributed by atoms with E-state index >= 15 is 0 Å². The monoisotopic (exact) mass is 199 g/mol. The molecule has 0 aromatic heterocycles. The fourth-order valence-electron chi connectivity index (χ4n) is 1.84. The molecule has 14 heavy (non-hydrogen) atoms. The minimum atomic E-state index is 0.172. The second-order valence-electron chi connectivity index (χ2n) is 3.96. The third-order valence-corrected chi connectivity index (χ3v) is 2.85. The number of carbonyl (C=O) groups is 1. The normalized spacial score (nSPS) is 21.4. The van der Waals surface area contributed by atoms with Crippen LogP contribution in [-0.2, 0) is 0 Å². The molecule has 0 saturated carbocycles. The zero-order valence-corrected chi connectivity index (χ0v) is 9.42. The molecule has 2 amide bonds. The summed E-state index contributed by atoms with van der Waals surface area (Å²) in [6.07, 6.45) is 1.13. The van der Waals surface area contributed by atoms with Crippen molar-refractivity contribution in [3.63, 3.8) is 0 Å². The van der Waals surface area contributed by atoms with E-state index in [1.807, 2.05) is 25.9 Å². The molecule has 1 unspecified atom stereocenters. The Hall–Kier alpha value is -0.770. The second-order valence-corrected chi connectivity index (χ2v) is 3.96. The average molecular weight is 199 g/mol. The van der Waals surface area contributed by atoms with Gasteiger partial charge in [0, 0.05) is 26.7 Å². The molecule has 0 spiro atoms. The van der Waals surface area contributed by atoms with Gasteiger partial charge in [-0.1, -0.05) is 0 Å². The number of urea groups is 1. The number of hydrogen-bond acceptors (Lipinski definition) is 2. The van der Waals surface area contributed by atoms with Crippen LogP contribution in [0.5, 0.6) is 0 Å². The minimum Gasteiger partial charge on any atom is -0.328 e. The van der Waals surface area contributed by atoms with E-state index < -0.39 is 0 Å². The van der Waals surface area contributed by atoms with Crippen molar-refractivity contribution in [2.75, 3.05) is 40.3 Å². The van der Waals surface area contributed by atoms with Crippen LogP contribution in [-0.4, -0.2) is 56.1 Å². The van der Waals surface area contributed by atoms with E-state index in [4.69, 9.17) is 0 Å². The molecule has 1 heterocycles. The Morgan fingerprint density at radius 2 is 2.36 bits per heavy atom. The molecule has 1 rings (SSSR count). The van der Waals surface area contributed by atoms with Crippen molar-refractivity contribution in [2.24, 2.45) is 5.92 Å². The molecule has 1 atom stereocenters. The largest absolute Gasteiger partial charge is 0.328 e. The average Bonchev–Trinajstić information content (AvgIpc) is 2.64. The zero-order chi connectivity index (χ0) is 10.6. The SMILES string of the molecule is CCN(C)C(=O)N1CCC(CNC)C1. The van der Waals surface area contributed by atoms with E-state index in [9.17, 15) is 4.79 Å². The van der Waals surface area contributed by atoms with Gasteiger partial charge < -0.3 is 15.1 Å². The van der Waals surface area contributed by atoms with E-state index in [1.165, 1.54) is 0 Å². The Kier molecular flexibility index (Phi) is 4.20. The van der Waals surface area contributed by atoms with Gasteiger partial charge in [0.2, 0.25) is 0 Å². The van der Waals surface area contributed by atoms with Gasteiger partial charge in [0.15, 0.2) is 0 Å². The van der Waals surface area contributed by atoms with Crippen LogP contribution in [0, 0.1) is 5.92 Å². The highest BCUT2D eigenvalue weighted by molar-refractivity contribution is 5.74. The lowest BCUT2D eigenvalue weighted by Crippen LogP contribution is -2.40. The molecule has 82 valence electrons. The third-order valence-electron chi connectivity index (χ3n) is 2.85. The summed E-state index contributed by atoms with van der Waals surface area (Å²) in [4.78, 5) is 15.5. The number of nitrogens with zero attached hydrogens (tertiary/aromatic N) is 2. The van der Waals surface area contributed by atoms with Crippen molar-refractivity contribution >= 4 is 6.03 Å². The summed E-state index contributed by atoms with van der Waals surface area (Å²) in [7, 11) is 3.82. The Morgan fingerprint density at radius 1 is 1.64 bits per heavy atom. The molecular weight excluding hydrogens is 178 g/mol. The summed E-state index contributed by atoms with van der Waals surface area (Å²) >= 11 is 0. The highest BCUT2D eigenvalue weighted by Crippen LogP contribution is 2.16. The van der Waals surface area contributed by atoms with Gasteiger partial charge in [0.05, 0.1) is 0 Å². The summed E-state index contributed by atoms with van der Waals surface area (Å²) in [5.74, 6) is 0.634. The first kappa shape index (κ1) is 11.3. The number of carbonyl (C=O) groups excluding carboxylic acids is 1. The topological polar surface area (TPSA) is 35.6 Å². The summed E-state index contributed by atoms with van der Waals surface area (Å²) in [5, 5.41) is 3.16. The van der Waals surface area contributed by atoms with Crippen LogP contribution in [0.15, 0.2) is 0 Å². The van der Waals surface area contributed by atoms with Crippen LogP contribution >= 0.6 is 0 Å². The van der Waals surface area contributed by atoms with Crippen molar-refractivity contribution in [1.29, 1.82) is 0 Å². The molecule has 0 bridgehead atoms. The van der Waals surface area contributed by atoms with Crippen LogP contribution in [0.4, 0.5) is 4.79 Å². The summed E-state index contributed by atoms with van der Waals surface area (Å²) in [6, 6.07) is 0.172. The van der Waals surface area contributed by atoms with E-state index in [-0.39, 0.29) is 6.03 Å². The van der Waals surface area contributed by atoms with Gasteiger partial charge in [0.25, 0.3) is 0 Å². The van der Waals surface area contributed by atoms with Gasteiger partial charge in [-0.05, 0) is 32.9 Å². The predicted molar refractivity (Wildman–Crippen MR) is 57.3 cm³/mol. The van der Waals surface area contributed by atoms with E-state index in [2.05, 4.69) is 5.32 Å². The van der Waals surface area contributed by atoms with Gasteiger partial charge in [-0.15, -0.1) is 0 Å². The van der Waals surface area contributed by atoms with Crippen LogP contribution < -0.4 is 5.32 Å². The van der Waals surface area contributed by atoms with Crippen LogP contribution in [0.25, 0.3) is 0 Å². The van der Waals surface area contributed by atoms with Crippen LogP contribution in [0.3, 0.4) is 0 Å². The lowest BCUT2D eigenvalue weighted by atomic mass is 10.1. The van der Waals surface area contributed by atoms with Gasteiger partial charge in [-0.25, -0.2) is 4.79 Å². The number of hydrogen-bond donors (Lipinski definition) is 1. The van der Waals surface area contributed by atoms with Crippen molar-refractivity contribution in [3.8, 4) is 0 Å². The lowest BCUT2D eigenvalue weighted by molar-refractivity contribution is 0.173. The summed E-state index contributed by atoms with van der Waals surface area (Å²) in [6.45, 7) is 5.62. The number of rotatable bonds is 3. The molecule has 4 nitrogen and oxygen atoms in total. The first-order valence-electron chi connectivity index (χ1n) is 5.33. The minimum absolute atomic E-state index is 0.172. The van der Waals surface area contributed by atoms with Crippen molar-refractivity contribution in [2.45, 2.75) is 13.3 Å². The van der Waals surface area contributed by atoms with Gasteiger partial charge >= 0.3 is 6.03 Å². The molecule has 0 radical (unpaired) electrons. The molecule has 1 aliphatic rings. The van der Waals surface area contributed by atoms with E-state index in [0.29, 0.717) is 5.92 Å². The molecule has 1 saturated heterocycles. The van der Waals surface area contributed by atoms with Crippen molar-refractivity contribution in [3.05, 3.63) is 0 Å². The Labute approximate surface area is 86.2 Å². The smallest absolute Gasteiger partial charge is 0.319 e. The quantitative estimate of drug-likeness (QED) is 0.722. The van der Waals surface area contributed by atoms with E-state index in [1.54, 1.807) is 4.90 Å². The van der Waals surface area contributed by atoms with Crippen molar-refractivity contribution < 1.29 is 4.79 Å². The van der Waals surface area contributed by atoms with E-state index in [0.717, 1.165) is 32.6 Å². The number of nitrogens with one attached hydrogen (secondary N) is 1. The molecular formula is C10H21N3O. The Bertz CT molecular complexity index is 196. The highest BCUT2D eigenvalue weighted by Gasteiger charge is 2.26. The first-order chi connectivity index (χ1) is 6.69. The standard InChI is InChI=1S/C10H21N3O/c1-4-12(3)10(14)13-6-5-9(8-13)7-11-2/h9,11H,4-8H2,1-3H3. The highest BCUT2D eigenvalue weighted by atomic mass is 16.2. The summed E-state index contributed by atoms with van der Waals surface area (Å²) < 4.78 is 0. The Morgan fingerprint density at radius 3 is 2.93 bits per heavy atom. The zero-order valence-electron chi connectivity index (χ0n) is 9.42. The molecule has 1 N–H and O–H groups in total. The lowest BCUT2D eigenvalue weighted by Gasteiger charge is -2.23. The second kappa shape index (κ2) is 5.20. The first-order valence-corrected chi connectivity index (χ1v) is 5.33. The third kappa shape index (κ3) is 2.61. The molecule has 0 aromatic rings. The fraction of sp³-hybridized carbons (Fsp3) is 0.900. The van der Waals surface area contributed by atoms with Crippen molar-refractivity contribution in [1.82, 2.24) is 15.1 Å². The van der Waals surface area contributed by atoms with Gasteiger partial charge in [-0.3, -0.25) is 0 Å². The van der Waals surface area contributed by atoms with Gasteiger partial charge in [0.1, 0.15) is 0 Å². The fourth-order valence-corrected chi connectivity index (χ4v) is 1.84. The maximum absolute atomic E-state index is 11.8.